The Labute approximate surface area is 135 Å². The lowest BCUT2D eigenvalue weighted by atomic mass is 10.1. The van der Waals surface area contributed by atoms with E-state index >= 15 is 0 Å². The van der Waals surface area contributed by atoms with E-state index in [1.165, 1.54) is 28.4 Å². The molecule has 0 spiro atoms. The SMILES string of the molecule is CCCNC(c1ccc(C)nc1)c1cc2c(s1)CCSC2. The summed E-state index contributed by atoms with van der Waals surface area (Å²) in [5.74, 6) is 2.45. The molecule has 0 aliphatic carbocycles. The molecule has 2 aromatic rings. The zero-order chi connectivity index (χ0) is 14.7. The van der Waals surface area contributed by atoms with Crippen LogP contribution in [-0.2, 0) is 12.2 Å². The van der Waals surface area contributed by atoms with Crippen molar-refractivity contribution in [2.45, 2.75) is 38.5 Å². The molecule has 0 radical (unpaired) electrons. The number of thioether (sulfide) groups is 1. The Bertz CT molecular complexity index is 566. The Balaban J connectivity index is 1.91. The van der Waals surface area contributed by atoms with Gasteiger partial charge in [-0.1, -0.05) is 13.0 Å². The van der Waals surface area contributed by atoms with Gasteiger partial charge in [-0.05, 0) is 55.3 Å². The first-order valence-corrected chi connectivity index (χ1v) is 9.60. The Morgan fingerprint density at radius 3 is 3.00 bits per heavy atom. The van der Waals surface area contributed by atoms with Gasteiger partial charge in [0.05, 0.1) is 6.04 Å². The molecule has 0 saturated heterocycles. The molecule has 112 valence electrons. The van der Waals surface area contributed by atoms with Gasteiger partial charge in [0, 0.05) is 27.4 Å². The van der Waals surface area contributed by atoms with Crippen LogP contribution in [0.3, 0.4) is 0 Å². The summed E-state index contributed by atoms with van der Waals surface area (Å²) < 4.78 is 0. The number of thiophene rings is 1. The molecule has 0 saturated carbocycles. The van der Waals surface area contributed by atoms with Gasteiger partial charge in [-0.3, -0.25) is 4.98 Å². The monoisotopic (exact) mass is 318 g/mol. The van der Waals surface area contributed by atoms with Crippen LogP contribution in [0, 0.1) is 6.92 Å². The summed E-state index contributed by atoms with van der Waals surface area (Å²) in [6, 6.07) is 7.03. The molecule has 3 heterocycles. The van der Waals surface area contributed by atoms with Crippen molar-refractivity contribution >= 4 is 23.1 Å². The summed E-state index contributed by atoms with van der Waals surface area (Å²) in [4.78, 5) is 7.51. The fourth-order valence-electron chi connectivity index (χ4n) is 2.63. The van der Waals surface area contributed by atoms with Crippen LogP contribution in [0.25, 0.3) is 0 Å². The molecule has 1 unspecified atom stereocenters. The normalized spacial score (nSPS) is 15.7. The second-order valence-corrected chi connectivity index (χ2v) is 7.79. The van der Waals surface area contributed by atoms with E-state index in [0.717, 1.165) is 18.7 Å². The predicted molar refractivity (Wildman–Crippen MR) is 93.3 cm³/mol. The quantitative estimate of drug-likeness (QED) is 0.888. The minimum atomic E-state index is 0.290. The van der Waals surface area contributed by atoms with Crippen LogP contribution in [0.1, 0.15) is 46.0 Å². The van der Waals surface area contributed by atoms with Crippen molar-refractivity contribution < 1.29 is 0 Å². The van der Waals surface area contributed by atoms with Crippen molar-refractivity contribution in [2.24, 2.45) is 0 Å². The predicted octanol–water partition coefficient (Wildman–Crippen LogP) is 4.33. The number of fused-ring (bicyclic) bond motifs is 1. The van der Waals surface area contributed by atoms with E-state index in [0.29, 0.717) is 6.04 Å². The molecule has 1 N–H and O–H groups in total. The van der Waals surface area contributed by atoms with Crippen LogP contribution >= 0.6 is 23.1 Å². The molecule has 0 bridgehead atoms. The number of hydrogen-bond donors (Lipinski definition) is 1. The first-order chi connectivity index (χ1) is 10.3. The van der Waals surface area contributed by atoms with Gasteiger partial charge in [0.25, 0.3) is 0 Å². The van der Waals surface area contributed by atoms with Crippen molar-refractivity contribution in [3.05, 3.63) is 51.0 Å². The summed E-state index contributed by atoms with van der Waals surface area (Å²) in [5.41, 5.74) is 3.91. The number of hydrogen-bond acceptors (Lipinski definition) is 4. The van der Waals surface area contributed by atoms with Gasteiger partial charge in [-0.2, -0.15) is 11.8 Å². The Morgan fingerprint density at radius 1 is 1.38 bits per heavy atom. The van der Waals surface area contributed by atoms with Crippen molar-refractivity contribution in [1.29, 1.82) is 0 Å². The average molecular weight is 319 g/mol. The molecule has 4 heteroatoms. The van der Waals surface area contributed by atoms with Gasteiger partial charge in [0.2, 0.25) is 0 Å². The maximum atomic E-state index is 4.48. The molecule has 2 aromatic heterocycles. The maximum absolute atomic E-state index is 4.48. The van der Waals surface area contributed by atoms with Gasteiger partial charge in [-0.15, -0.1) is 11.3 Å². The van der Waals surface area contributed by atoms with Crippen LogP contribution in [0.2, 0.25) is 0 Å². The van der Waals surface area contributed by atoms with Crippen LogP contribution in [0.15, 0.2) is 24.4 Å². The third-order valence-electron chi connectivity index (χ3n) is 3.80. The highest BCUT2D eigenvalue weighted by Gasteiger charge is 2.20. The van der Waals surface area contributed by atoms with Gasteiger partial charge < -0.3 is 5.32 Å². The second-order valence-electron chi connectivity index (χ2n) is 5.52. The van der Waals surface area contributed by atoms with Gasteiger partial charge in [0.1, 0.15) is 0 Å². The van der Waals surface area contributed by atoms with Crippen LogP contribution in [0.4, 0.5) is 0 Å². The van der Waals surface area contributed by atoms with Crippen molar-refractivity contribution in [1.82, 2.24) is 10.3 Å². The lowest BCUT2D eigenvalue weighted by Crippen LogP contribution is -2.22. The molecule has 1 aliphatic heterocycles. The molecular weight excluding hydrogens is 296 g/mol. The first kappa shape index (κ1) is 15.1. The molecule has 0 aromatic carbocycles. The highest BCUT2D eigenvalue weighted by Crippen LogP contribution is 2.36. The molecule has 1 aliphatic rings. The number of pyridine rings is 1. The average Bonchev–Trinajstić information content (AvgIpc) is 2.93. The van der Waals surface area contributed by atoms with Crippen molar-refractivity contribution in [2.75, 3.05) is 12.3 Å². The van der Waals surface area contributed by atoms with Crippen LogP contribution in [-0.4, -0.2) is 17.3 Å². The molecule has 0 amide bonds. The molecular formula is C17H22N2S2. The standard InChI is InChI=1S/C17H22N2S2/c1-3-7-18-17(13-5-4-12(2)19-10-13)16-9-14-11-20-8-6-15(14)21-16/h4-5,9-10,17-18H,3,6-8,11H2,1-2H3. The van der Waals surface area contributed by atoms with E-state index in [2.05, 4.69) is 47.2 Å². The Morgan fingerprint density at radius 2 is 2.29 bits per heavy atom. The van der Waals surface area contributed by atoms with E-state index in [1.54, 1.807) is 10.4 Å². The lowest BCUT2D eigenvalue weighted by molar-refractivity contribution is 0.604. The maximum Gasteiger partial charge on any atom is 0.0686 e. The molecule has 2 nitrogen and oxygen atoms in total. The second kappa shape index (κ2) is 6.95. The minimum Gasteiger partial charge on any atom is -0.306 e. The van der Waals surface area contributed by atoms with Gasteiger partial charge in [-0.25, -0.2) is 0 Å². The number of nitrogens with zero attached hydrogens (tertiary/aromatic N) is 1. The highest BCUT2D eigenvalue weighted by atomic mass is 32.2. The van der Waals surface area contributed by atoms with Crippen LogP contribution in [0.5, 0.6) is 0 Å². The molecule has 1 atom stereocenters. The Hall–Kier alpha value is -0.840. The molecule has 0 fully saturated rings. The van der Waals surface area contributed by atoms with E-state index in [4.69, 9.17) is 0 Å². The van der Waals surface area contributed by atoms with Gasteiger partial charge >= 0.3 is 0 Å². The fourth-order valence-corrected chi connectivity index (χ4v) is 5.11. The van der Waals surface area contributed by atoms with E-state index in [-0.39, 0.29) is 0 Å². The van der Waals surface area contributed by atoms with Crippen molar-refractivity contribution in [3.8, 4) is 0 Å². The topological polar surface area (TPSA) is 24.9 Å². The summed E-state index contributed by atoms with van der Waals surface area (Å²) in [5, 5.41) is 3.69. The summed E-state index contributed by atoms with van der Waals surface area (Å²) in [6.45, 7) is 5.29. The van der Waals surface area contributed by atoms with Gasteiger partial charge in [0.15, 0.2) is 0 Å². The third-order valence-corrected chi connectivity index (χ3v) is 6.11. The summed E-state index contributed by atoms with van der Waals surface area (Å²) >= 11 is 4.04. The van der Waals surface area contributed by atoms with Crippen molar-refractivity contribution in [3.63, 3.8) is 0 Å². The van der Waals surface area contributed by atoms with E-state index in [9.17, 15) is 0 Å². The zero-order valence-electron chi connectivity index (χ0n) is 12.7. The lowest BCUT2D eigenvalue weighted by Gasteiger charge is -2.17. The highest BCUT2D eigenvalue weighted by molar-refractivity contribution is 7.98. The summed E-state index contributed by atoms with van der Waals surface area (Å²) in [7, 11) is 0. The number of nitrogens with one attached hydrogen (secondary N) is 1. The minimum absolute atomic E-state index is 0.290. The fraction of sp³-hybridized carbons (Fsp3) is 0.471. The molecule has 3 rings (SSSR count). The smallest absolute Gasteiger partial charge is 0.0686 e. The number of aromatic nitrogens is 1. The van der Waals surface area contributed by atoms with Crippen LogP contribution < -0.4 is 5.32 Å². The number of rotatable bonds is 5. The first-order valence-electron chi connectivity index (χ1n) is 7.63. The summed E-state index contributed by atoms with van der Waals surface area (Å²) in [6.07, 6.45) is 4.41. The Kier molecular flexibility index (Phi) is 4.99. The van der Waals surface area contributed by atoms with E-state index < -0.39 is 0 Å². The zero-order valence-corrected chi connectivity index (χ0v) is 14.3. The largest absolute Gasteiger partial charge is 0.306 e. The third kappa shape index (κ3) is 3.50. The molecule has 21 heavy (non-hydrogen) atoms. The number of aryl methyl sites for hydroxylation is 2. The van der Waals surface area contributed by atoms with E-state index in [1.807, 2.05) is 24.5 Å².